The topological polar surface area (TPSA) is 58.8 Å². The molecular formula is C20H25N3O3. The zero-order valence-corrected chi connectivity index (χ0v) is 15.1. The molecule has 2 aliphatic heterocycles. The molecule has 2 aliphatic rings. The van der Waals surface area contributed by atoms with E-state index in [2.05, 4.69) is 22.0 Å². The molecule has 0 bridgehead atoms. The highest BCUT2D eigenvalue weighted by molar-refractivity contribution is 5.91. The second-order valence-corrected chi connectivity index (χ2v) is 7.19. The Labute approximate surface area is 153 Å². The largest absolute Gasteiger partial charge is 0.459 e. The van der Waals surface area contributed by atoms with Gasteiger partial charge in [0.15, 0.2) is 5.76 Å². The molecule has 0 spiro atoms. The van der Waals surface area contributed by atoms with Crippen LogP contribution in [0.5, 0.6) is 0 Å². The van der Waals surface area contributed by atoms with Gasteiger partial charge in [-0.3, -0.25) is 14.7 Å². The van der Waals surface area contributed by atoms with Crippen molar-refractivity contribution in [2.45, 2.75) is 26.0 Å². The molecule has 2 fully saturated rings. The highest BCUT2D eigenvalue weighted by atomic mass is 16.5. The Hall–Kier alpha value is -2.18. The van der Waals surface area contributed by atoms with E-state index in [1.54, 1.807) is 18.4 Å². The third-order valence-corrected chi connectivity index (χ3v) is 5.28. The van der Waals surface area contributed by atoms with Crippen LogP contribution in [0.15, 0.2) is 41.0 Å². The lowest BCUT2D eigenvalue weighted by molar-refractivity contribution is -0.0244. The molecular weight excluding hydrogens is 330 g/mol. The molecule has 0 radical (unpaired) electrons. The van der Waals surface area contributed by atoms with Crippen LogP contribution >= 0.6 is 0 Å². The highest BCUT2D eigenvalue weighted by Gasteiger charge is 2.35. The summed E-state index contributed by atoms with van der Waals surface area (Å²) < 4.78 is 11.4. The Morgan fingerprint density at radius 2 is 2.15 bits per heavy atom. The standard InChI is InChI=1S/C20H25N3O3/c1-15-4-2-5-17(21-15)13-22-8-7-16-12-23(9-11-26-19(16)14-22)20(24)18-6-3-10-25-18/h2-6,10,16,19H,7-9,11-14H2,1H3/t16-,19-/m0/s1. The molecule has 1 amide bonds. The number of aromatic nitrogens is 1. The first-order valence-corrected chi connectivity index (χ1v) is 9.28. The Kier molecular flexibility index (Phi) is 5.04. The first kappa shape index (κ1) is 17.2. The minimum absolute atomic E-state index is 0.0364. The van der Waals surface area contributed by atoms with E-state index in [1.807, 2.05) is 17.9 Å². The average molecular weight is 355 g/mol. The smallest absolute Gasteiger partial charge is 0.289 e. The van der Waals surface area contributed by atoms with Gasteiger partial charge in [0.2, 0.25) is 0 Å². The van der Waals surface area contributed by atoms with Crippen LogP contribution in [0.25, 0.3) is 0 Å². The van der Waals surface area contributed by atoms with Crippen molar-refractivity contribution in [2.24, 2.45) is 5.92 Å². The lowest BCUT2D eigenvalue weighted by Gasteiger charge is -2.37. The molecule has 0 saturated carbocycles. The molecule has 0 N–H and O–H groups in total. The average Bonchev–Trinajstić information content (AvgIpc) is 3.08. The maximum absolute atomic E-state index is 12.6. The fourth-order valence-corrected chi connectivity index (χ4v) is 3.92. The van der Waals surface area contributed by atoms with E-state index in [-0.39, 0.29) is 12.0 Å². The van der Waals surface area contributed by atoms with Crippen molar-refractivity contribution in [2.75, 3.05) is 32.8 Å². The van der Waals surface area contributed by atoms with Gasteiger partial charge in [-0.2, -0.15) is 0 Å². The van der Waals surface area contributed by atoms with Crippen LogP contribution in [0, 0.1) is 12.8 Å². The van der Waals surface area contributed by atoms with Crippen molar-refractivity contribution in [1.82, 2.24) is 14.8 Å². The van der Waals surface area contributed by atoms with Crippen molar-refractivity contribution in [3.8, 4) is 0 Å². The molecule has 6 heteroatoms. The number of nitrogens with zero attached hydrogens (tertiary/aromatic N) is 3. The number of hydrogen-bond donors (Lipinski definition) is 0. The molecule has 6 nitrogen and oxygen atoms in total. The summed E-state index contributed by atoms with van der Waals surface area (Å²) in [5, 5.41) is 0. The molecule has 2 atom stereocenters. The fraction of sp³-hybridized carbons (Fsp3) is 0.500. The van der Waals surface area contributed by atoms with Gasteiger partial charge in [-0.1, -0.05) is 6.07 Å². The normalized spacial score (nSPS) is 24.1. The highest BCUT2D eigenvalue weighted by Crippen LogP contribution is 2.25. The summed E-state index contributed by atoms with van der Waals surface area (Å²) in [7, 11) is 0. The number of pyridine rings is 1. The van der Waals surface area contributed by atoms with Gasteiger partial charge in [-0.05, 0) is 44.2 Å². The van der Waals surface area contributed by atoms with Gasteiger partial charge in [-0.15, -0.1) is 0 Å². The number of hydrogen-bond acceptors (Lipinski definition) is 5. The summed E-state index contributed by atoms with van der Waals surface area (Å²) in [5.74, 6) is 0.746. The summed E-state index contributed by atoms with van der Waals surface area (Å²) in [5.41, 5.74) is 2.15. The summed E-state index contributed by atoms with van der Waals surface area (Å²) in [4.78, 5) is 21.5. The molecule has 4 rings (SSSR count). The van der Waals surface area contributed by atoms with Gasteiger partial charge in [0.05, 0.1) is 24.7 Å². The monoisotopic (exact) mass is 355 g/mol. The van der Waals surface area contributed by atoms with Gasteiger partial charge >= 0.3 is 0 Å². The number of amides is 1. The maximum atomic E-state index is 12.6. The van der Waals surface area contributed by atoms with E-state index in [1.165, 1.54) is 0 Å². The number of furan rings is 1. The molecule has 0 aromatic carbocycles. The van der Waals surface area contributed by atoms with Crippen LogP contribution in [0.3, 0.4) is 0 Å². The zero-order valence-electron chi connectivity index (χ0n) is 15.1. The summed E-state index contributed by atoms with van der Waals surface area (Å²) >= 11 is 0. The van der Waals surface area contributed by atoms with Crippen LogP contribution in [0.1, 0.15) is 28.4 Å². The van der Waals surface area contributed by atoms with E-state index in [0.29, 0.717) is 24.8 Å². The zero-order chi connectivity index (χ0) is 17.9. The van der Waals surface area contributed by atoms with E-state index >= 15 is 0 Å². The number of piperidine rings is 1. The van der Waals surface area contributed by atoms with E-state index in [4.69, 9.17) is 9.15 Å². The third-order valence-electron chi connectivity index (χ3n) is 5.28. The Bertz CT molecular complexity index is 747. The third kappa shape index (κ3) is 3.81. The Balaban J connectivity index is 1.38. The van der Waals surface area contributed by atoms with Crippen LogP contribution < -0.4 is 0 Å². The van der Waals surface area contributed by atoms with Gasteiger partial charge in [0.1, 0.15) is 0 Å². The minimum atomic E-state index is -0.0364. The predicted octanol–water partition coefficient (Wildman–Crippen LogP) is 2.35. The van der Waals surface area contributed by atoms with Crippen molar-refractivity contribution in [3.05, 3.63) is 53.7 Å². The predicted molar refractivity (Wildman–Crippen MR) is 96.7 cm³/mol. The summed E-state index contributed by atoms with van der Waals surface area (Å²) in [6, 6.07) is 9.64. The molecule has 4 heterocycles. The molecule has 26 heavy (non-hydrogen) atoms. The van der Waals surface area contributed by atoms with Gasteiger partial charge < -0.3 is 14.1 Å². The molecule has 138 valence electrons. The minimum Gasteiger partial charge on any atom is -0.459 e. The van der Waals surface area contributed by atoms with Crippen molar-refractivity contribution < 1.29 is 13.9 Å². The van der Waals surface area contributed by atoms with Crippen molar-refractivity contribution in [3.63, 3.8) is 0 Å². The Morgan fingerprint density at radius 3 is 2.96 bits per heavy atom. The summed E-state index contributed by atoms with van der Waals surface area (Å²) in [6.45, 7) is 6.70. The lowest BCUT2D eigenvalue weighted by Crippen LogP contribution is -2.47. The number of aryl methyl sites for hydroxylation is 1. The first-order chi connectivity index (χ1) is 12.7. The SMILES string of the molecule is Cc1cccc(CN2CC[C@H]3CN(C(=O)c4ccco4)CCO[C@H]3C2)n1. The molecule has 0 aliphatic carbocycles. The number of ether oxygens (including phenoxy) is 1. The Morgan fingerprint density at radius 1 is 1.23 bits per heavy atom. The van der Waals surface area contributed by atoms with Gasteiger partial charge in [-0.25, -0.2) is 0 Å². The van der Waals surface area contributed by atoms with Crippen LogP contribution in [0.2, 0.25) is 0 Å². The second-order valence-electron chi connectivity index (χ2n) is 7.19. The molecule has 0 unspecified atom stereocenters. The van der Waals surface area contributed by atoms with Crippen molar-refractivity contribution in [1.29, 1.82) is 0 Å². The second kappa shape index (κ2) is 7.60. The fourth-order valence-electron chi connectivity index (χ4n) is 3.92. The van der Waals surface area contributed by atoms with Gasteiger partial charge in [0, 0.05) is 37.8 Å². The number of likely N-dealkylation sites (tertiary alicyclic amines) is 1. The number of fused-ring (bicyclic) bond motifs is 1. The van der Waals surface area contributed by atoms with Crippen LogP contribution in [0.4, 0.5) is 0 Å². The number of carbonyl (C=O) groups excluding carboxylic acids is 1. The van der Waals surface area contributed by atoms with E-state index in [0.717, 1.165) is 44.0 Å². The van der Waals surface area contributed by atoms with E-state index in [9.17, 15) is 4.79 Å². The van der Waals surface area contributed by atoms with Crippen molar-refractivity contribution >= 4 is 5.91 Å². The van der Waals surface area contributed by atoms with Crippen LogP contribution in [-0.2, 0) is 11.3 Å². The summed E-state index contributed by atoms with van der Waals surface area (Å²) in [6.07, 6.45) is 2.74. The number of rotatable bonds is 3. The molecule has 2 aromatic rings. The van der Waals surface area contributed by atoms with Crippen LogP contribution in [-0.4, -0.2) is 59.6 Å². The molecule has 2 aromatic heterocycles. The number of carbonyl (C=O) groups is 1. The lowest BCUT2D eigenvalue weighted by atomic mass is 9.93. The van der Waals surface area contributed by atoms with E-state index < -0.39 is 0 Å². The first-order valence-electron chi connectivity index (χ1n) is 9.28. The van der Waals surface area contributed by atoms with Gasteiger partial charge in [0.25, 0.3) is 5.91 Å². The quantitative estimate of drug-likeness (QED) is 0.846. The molecule has 2 saturated heterocycles. The maximum Gasteiger partial charge on any atom is 0.289 e.